The molecule has 36 heavy (non-hydrogen) atoms. The first-order chi connectivity index (χ1) is 17.4. The number of aromatic amines is 1. The minimum Gasteiger partial charge on any atom is -0.372 e. The van der Waals surface area contributed by atoms with Crippen LogP contribution in [0.3, 0.4) is 0 Å². The highest BCUT2D eigenvalue weighted by Crippen LogP contribution is 2.26. The van der Waals surface area contributed by atoms with Gasteiger partial charge in [0.1, 0.15) is 0 Å². The molecule has 0 spiro atoms. The van der Waals surface area contributed by atoms with E-state index in [4.69, 9.17) is 51.1 Å². The zero-order valence-electron chi connectivity index (χ0n) is 18.9. The Morgan fingerprint density at radius 2 is 1.22 bits per heavy atom. The van der Waals surface area contributed by atoms with E-state index in [0.29, 0.717) is 39.8 Å². The molecule has 4 aromatic carbocycles. The minimum absolute atomic E-state index is 0.178. The SMILES string of the molecule is O=c1[nH]c2cc(-c3ccc(COCc4ccc(Cl)c(Cl)c4)cc3)ccc2n1Cc1ccc(Cl)c(Cl)c1. The number of H-pyrrole nitrogens is 1. The molecule has 1 heterocycles. The summed E-state index contributed by atoms with van der Waals surface area (Å²) in [6.07, 6.45) is 0. The van der Waals surface area contributed by atoms with Crippen LogP contribution in [0.1, 0.15) is 16.7 Å². The van der Waals surface area contributed by atoms with Crippen molar-refractivity contribution in [1.82, 2.24) is 9.55 Å². The van der Waals surface area contributed by atoms with Crippen LogP contribution < -0.4 is 5.69 Å². The predicted molar refractivity (Wildman–Crippen MR) is 149 cm³/mol. The lowest BCUT2D eigenvalue weighted by atomic mass is 10.0. The zero-order chi connectivity index (χ0) is 25.2. The van der Waals surface area contributed by atoms with E-state index in [-0.39, 0.29) is 5.69 Å². The Morgan fingerprint density at radius 1 is 0.639 bits per heavy atom. The molecule has 0 aliphatic heterocycles. The molecule has 1 N–H and O–H groups in total. The Bertz CT molecular complexity index is 1610. The second kappa shape index (κ2) is 10.7. The standard InChI is InChI=1S/C28H20Cl4N2O2/c29-22-8-3-18(11-24(22)31)14-34-27-10-7-21(13-26(27)33-28(34)35)20-5-1-17(2-6-20)15-36-16-19-4-9-23(30)25(32)12-19/h1-13H,14-16H2,(H,33,35). The van der Waals surface area contributed by atoms with E-state index >= 15 is 0 Å². The van der Waals surface area contributed by atoms with E-state index in [0.717, 1.165) is 38.9 Å². The van der Waals surface area contributed by atoms with Crippen LogP contribution in [-0.2, 0) is 24.5 Å². The smallest absolute Gasteiger partial charge is 0.326 e. The molecule has 0 bridgehead atoms. The van der Waals surface area contributed by atoms with Crippen LogP contribution >= 0.6 is 46.4 Å². The maximum Gasteiger partial charge on any atom is 0.326 e. The number of imidazole rings is 1. The number of fused-ring (bicyclic) bond motifs is 1. The van der Waals surface area contributed by atoms with Gasteiger partial charge in [-0.3, -0.25) is 4.57 Å². The third-order valence-corrected chi connectivity index (χ3v) is 7.39. The molecule has 0 radical (unpaired) electrons. The van der Waals surface area contributed by atoms with Crippen molar-refractivity contribution in [3.05, 3.63) is 126 Å². The van der Waals surface area contributed by atoms with Crippen LogP contribution in [0.4, 0.5) is 0 Å². The molecule has 1 aromatic heterocycles. The van der Waals surface area contributed by atoms with E-state index in [1.807, 2.05) is 60.7 Å². The second-order valence-corrected chi connectivity index (χ2v) is 10.1. The largest absolute Gasteiger partial charge is 0.372 e. The van der Waals surface area contributed by atoms with Crippen molar-refractivity contribution >= 4 is 57.4 Å². The molecular weight excluding hydrogens is 538 g/mol. The van der Waals surface area contributed by atoms with Crippen molar-refractivity contribution in [3.8, 4) is 11.1 Å². The number of nitrogens with one attached hydrogen (secondary N) is 1. The van der Waals surface area contributed by atoms with Crippen LogP contribution in [0.25, 0.3) is 22.2 Å². The van der Waals surface area contributed by atoms with E-state index < -0.39 is 0 Å². The molecular formula is C28H20Cl4N2O2. The van der Waals surface area contributed by atoms with Crippen molar-refractivity contribution in [2.75, 3.05) is 0 Å². The van der Waals surface area contributed by atoms with Gasteiger partial charge in [0.25, 0.3) is 0 Å². The van der Waals surface area contributed by atoms with E-state index in [9.17, 15) is 4.79 Å². The molecule has 0 aliphatic carbocycles. The lowest BCUT2D eigenvalue weighted by molar-refractivity contribution is 0.107. The summed E-state index contributed by atoms with van der Waals surface area (Å²) in [6, 6.07) is 25.0. The van der Waals surface area contributed by atoms with Gasteiger partial charge in [-0.1, -0.05) is 88.9 Å². The third kappa shape index (κ3) is 5.49. The number of hydrogen-bond acceptors (Lipinski definition) is 2. The van der Waals surface area contributed by atoms with Crippen molar-refractivity contribution in [1.29, 1.82) is 0 Å². The topological polar surface area (TPSA) is 47.0 Å². The van der Waals surface area contributed by atoms with Gasteiger partial charge in [-0.15, -0.1) is 0 Å². The molecule has 0 amide bonds. The summed E-state index contributed by atoms with van der Waals surface area (Å²) in [7, 11) is 0. The van der Waals surface area contributed by atoms with Crippen LogP contribution in [0.5, 0.6) is 0 Å². The fourth-order valence-corrected chi connectivity index (χ4v) is 4.67. The number of hydrogen-bond donors (Lipinski definition) is 1. The fourth-order valence-electron chi connectivity index (χ4n) is 4.03. The Balaban J connectivity index is 1.28. The fraction of sp³-hybridized carbons (Fsp3) is 0.107. The minimum atomic E-state index is -0.178. The first-order valence-corrected chi connectivity index (χ1v) is 12.7. The molecule has 4 nitrogen and oxygen atoms in total. The van der Waals surface area contributed by atoms with Crippen LogP contribution in [0.15, 0.2) is 83.7 Å². The van der Waals surface area contributed by atoms with Gasteiger partial charge in [-0.2, -0.15) is 0 Å². The molecule has 0 unspecified atom stereocenters. The average Bonchev–Trinajstić information content (AvgIpc) is 3.18. The quantitative estimate of drug-likeness (QED) is 0.218. The maximum absolute atomic E-state index is 12.6. The van der Waals surface area contributed by atoms with Gasteiger partial charge < -0.3 is 9.72 Å². The summed E-state index contributed by atoms with van der Waals surface area (Å²) >= 11 is 24.2. The van der Waals surface area contributed by atoms with Crippen molar-refractivity contribution in [2.24, 2.45) is 0 Å². The molecule has 8 heteroatoms. The van der Waals surface area contributed by atoms with Crippen LogP contribution in [-0.4, -0.2) is 9.55 Å². The monoisotopic (exact) mass is 556 g/mol. The zero-order valence-corrected chi connectivity index (χ0v) is 21.9. The molecule has 0 saturated carbocycles. The first kappa shape index (κ1) is 24.9. The molecule has 182 valence electrons. The van der Waals surface area contributed by atoms with Gasteiger partial charge in [0.05, 0.1) is 50.9 Å². The number of benzene rings is 4. The highest BCUT2D eigenvalue weighted by molar-refractivity contribution is 6.42. The summed E-state index contributed by atoms with van der Waals surface area (Å²) in [6.45, 7) is 1.32. The number of ether oxygens (including phenoxy) is 1. The molecule has 0 aliphatic rings. The summed E-state index contributed by atoms with van der Waals surface area (Å²) < 4.78 is 7.51. The summed E-state index contributed by atoms with van der Waals surface area (Å²) in [4.78, 5) is 15.6. The third-order valence-electron chi connectivity index (χ3n) is 5.91. The van der Waals surface area contributed by atoms with Crippen molar-refractivity contribution in [3.63, 3.8) is 0 Å². The Kier molecular flexibility index (Phi) is 7.42. The van der Waals surface area contributed by atoms with Crippen molar-refractivity contribution in [2.45, 2.75) is 19.8 Å². The second-order valence-electron chi connectivity index (χ2n) is 8.43. The first-order valence-electron chi connectivity index (χ1n) is 11.1. The maximum atomic E-state index is 12.6. The van der Waals surface area contributed by atoms with Crippen molar-refractivity contribution < 1.29 is 4.74 Å². The summed E-state index contributed by atoms with van der Waals surface area (Å²) in [5.74, 6) is 0. The van der Waals surface area contributed by atoms with Gasteiger partial charge in [-0.25, -0.2) is 4.79 Å². The van der Waals surface area contributed by atoms with Crippen LogP contribution in [0, 0.1) is 0 Å². The number of aromatic nitrogens is 2. The lowest BCUT2D eigenvalue weighted by Crippen LogP contribution is -2.17. The predicted octanol–water partition coefficient (Wildman–Crippen LogP) is 8.38. The van der Waals surface area contributed by atoms with Gasteiger partial charge in [-0.05, 0) is 64.2 Å². The van der Waals surface area contributed by atoms with E-state index in [1.54, 1.807) is 22.8 Å². The molecule has 0 saturated heterocycles. The average molecular weight is 558 g/mol. The Morgan fingerprint density at radius 3 is 1.92 bits per heavy atom. The normalized spacial score (nSPS) is 11.3. The molecule has 0 fully saturated rings. The van der Waals surface area contributed by atoms with Gasteiger partial charge in [0.2, 0.25) is 0 Å². The van der Waals surface area contributed by atoms with Gasteiger partial charge in [0.15, 0.2) is 0 Å². The van der Waals surface area contributed by atoms with E-state index in [1.165, 1.54) is 0 Å². The molecule has 0 atom stereocenters. The van der Waals surface area contributed by atoms with E-state index in [2.05, 4.69) is 4.98 Å². The summed E-state index contributed by atoms with van der Waals surface area (Å²) in [5, 5.41) is 2.00. The highest BCUT2D eigenvalue weighted by Gasteiger charge is 2.10. The number of halogens is 4. The lowest BCUT2D eigenvalue weighted by Gasteiger charge is -2.08. The van der Waals surface area contributed by atoms with Gasteiger partial charge in [0, 0.05) is 0 Å². The molecule has 5 rings (SSSR count). The number of nitrogens with zero attached hydrogens (tertiary/aromatic N) is 1. The Hall–Kier alpha value is -2.73. The Labute approximate surface area is 228 Å². The molecule has 5 aromatic rings. The summed E-state index contributed by atoms with van der Waals surface area (Å²) in [5.41, 5.74) is 6.39. The highest BCUT2D eigenvalue weighted by atomic mass is 35.5. The van der Waals surface area contributed by atoms with Gasteiger partial charge >= 0.3 is 5.69 Å². The van der Waals surface area contributed by atoms with Crippen LogP contribution in [0.2, 0.25) is 20.1 Å². The number of rotatable bonds is 7.